The Balaban J connectivity index is 1.72. The summed E-state index contributed by atoms with van der Waals surface area (Å²) in [5.74, 6) is 1.24. The molecular weight excluding hydrogens is 376 g/mol. The normalized spacial score (nSPS) is 10.5. The molecule has 1 N–H and O–H groups in total. The van der Waals surface area contributed by atoms with E-state index in [1.54, 1.807) is 23.5 Å². The summed E-state index contributed by atoms with van der Waals surface area (Å²) in [4.78, 5) is 13.2. The van der Waals surface area contributed by atoms with Crippen molar-refractivity contribution in [3.05, 3.63) is 90.0 Å². The molecule has 138 valence electrons. The Labute approximate surface area is 167 Å². The lowest BCUT2D eigenvalue weighted by atomic mass is 10.1. The molecule has 3 aromatic carbocycles. The molecule has 0 aliphatic rings. The average molecular weight is 397 g/mol. The number of rotatable bonds is 9. The number of hydrogen-bond acceptors (Lipinski definition) is 4. The van der Waals surface area contributed by atoms with Crippen LogP contribution >= 0.6 is 23.5 Å². The van der Waals surface area contributed by atoms with Gasteiger partial charge in [-0.05, 0) is 47.5 Å². The fourth-order valence-electron chi connectivity index (χ4n) is 2.49. The van der Waals surface area contributed by atoms with Crippen LogP contribution in [-0.2, 0) is 16.3 Å². The van der Waals surface area contributed by atoms with E-state index in [1.165, 1.54) is 9.79 Å². The fraction of sp³-hybridized carbons (Fsp3) is 0.136. The molecule has 3 aromatic rings. The summed E-state index contributed by atoms with van der Waals surface area (Å²) in [7, 11) is 0. The van der Waals surface area contributed by atoms with Crippen LogP contribution in [0.2, 0.25) is 0 Å². The number of carboxylic acids is 1. The third-order valence-corrected chi connectivity index (χ3v) is 5.85. The second kappa shape index (κ2) is 10.1. The standard InChI is InChI=1S/C22H20O3S2/c23-22(24)14-25-19-12-17(15-26-20-7-3-1-4-8-20)11-18(13-19)16-27-21-9-5-2-6-10-21/h1-13H,14-16H2,(H,23,24). The predicted molar refractivity (Wildman–Crippen MR) is 112 cm³/mol. The molecule has 0 spiro atoms. The SMILES string of the molecule is O=C(O)COc1cc(CSc2ccccc2)cc(CSc2ccccc2)c1. The summed E-state index contributed by atoms with van der Waals surface area (Å²) in [6.07, 6.45) is 0. The van der Waals surface area contributed by atoms with Gasteiger partial charge in [-0.2, -0.15) is 0 Å². The van der Waals surface area contributed by atoms with Crippen LogP contribution in [0.15, 0.2) is 88.7 Å². The highest BCUT2D eigenvalue weighted by Gasteiger charge is 2.06. The second-order valence-corrected chi connectivity index (χ2v) is 7.97. The van der Waals surface area contributed by atoms with Crippen molar-refractivity contribution in [1.29, 1.82) is 0 Å². The van der Waals surface area contributed by atoms with Crippen molar-refractivity contribution in [3.63, 3.8) is 0 Å². The van der Waals surface area contributed by atoms with Crippen molar-refractivity contribution < 1.29 is 14.6 Å². The molecule has 5 heteroatoms. The first-order valence-electron chi connectivity index (χ1n) is 8.52. The van der Waals surface area contributed by atoms with Crippen LogP contribution in [0.3, 0.4) is 0 Å². The zero-order chi connectivity index (χ0) is 18.9. The van der Waals surface area contributed by atoms with Crippen LogP contribution in [0, 0.1) is 0 Å². The Morgan fingerprint density at radius 2 is 1.26 bits per heavy atom. The van der Waals surface area contributed by atoms with E-state index in [0.29, 0.717) is 5.75 Å². The summed E-state index contributed by atoms with van der Waals surface area (Å²) in [5.41, 5.74) is 2.24. The molecule has 3 rings (SSSR count). The van der Waals surface area contributed by atoms with E-state index in [9.17, 15) is 4.79 Å². The minimum Gasteiger partial charge on any atom is -0.482 e. The average Bonchev–Trinajstić information content (AvgIpc) is 2.71. The highest BCUT2D eigenvalue weighted by Crippen LogP contribution is 2.29. The van der Waals surface area contributed by atoms with E-state index in [-0.39, 0.29) is 6.61 Å². The van der Waals surface area contributed by atoms with Gasteiger partial charge in [0.2, 0.25) is 0 Å². The van der Waals surface area contributed by atoms with Gasteiger partial charge >= 0.3 is 5.97 Å². The maximum absolute atomic E-state index is 10.8. The summed E-state index contributed by atoms with van der Waals surface area (Å²) in [5, 5.41) is 8.88. The number of benzene rings is 3. The first-order chi connectivity index (χ1) is 13.2. The molecule has 0 aromatic heterocycles. The first kappa shape index (κ1) is 19.4. The predicted octanol–water partition coefficient (Wildman–Crippen LogP) is 5.73. The van der Waals surface area contributed by atoms with E-state index in [1.807, 2.05) is 48.5 Å². The van der Waals surface area contributed by atoms with Gasteiger partial charge in [0.15, 0.2) is 6.61 Å². The second-order valence-electron chi connectivity index (χ2n) is 5.87. The van der Waals surface area contributed by atoms with Gasteiger partial charge in [0.25, 0.3) is 0 Å². The van der Waals surface area contributed by atoms with E-state index >= 15 is 0 Å². The van der Waals surface area contributed by atoms with Gasteiger partial charge in [-0.15, -0.1) is 23.5 Å². The highest BCUT2D eigenvalue weighted by atomic mass is 32.2. The zero-order valence-corrected chi connectivity index (χ0v) is 16.3. The molecule has 27 heavy (non-hydrogen) atoms. The van der Waals surface area contributed by atoms with Crippen LogP contribution in [0.5, 0.6) is 5.75 Å². The Morgan fingerprint density at radius 3 is 1.70 bits per heavy atom. The van der Waals surface area contributed by atoms with E-state index in [0.717, 1.165) is 22.6 Å². The van der Waals surface area contributed by atoms with E-state index in [2.05, 4.69) is 30.3 Å². The largest absolute Gasteiger partial charge is 0.482 e. The maximum atomic E-state index is 10.8. The molecule has 0 saturated carbocycles. The van der Waals surface area contributed by atoms with Crippen LogP contribution in [0.25, 0.3) is 0 Å². The lowest BCUT2D eigenvalue weighted by molar-refractivity contribution is -0.139. The summed E-state index contributed by atoms with van der Waals surface area (Å²) < 4.78 is 5.43. The first-order valence-corrected chi connectivity index (χ1v) is 10.5. The quantitative estimate of drug-likeness (QED) is 0.468. The Kier molecular flexibility index (Phi) is 7.25. The molecule has 0 atom stereocenters. The number of ether oxygens (including phenoxy) is 1. The molecule has 0 unspecified atom stereocenters. The van der Waals surface area contributed by atoms with Crippen LogP contribution < -0.4 is 4.74 Å². The van der Waals surface area contributed by atoms with Crippen molar-refractivity contribution >= 4 is 29.5 Å². The van der Waals surface area contributed by atoms with Gasteiger partial charge in [0.05, 0.1) is 0 Å². The number of thioether (sulfide) groups is 2. The molecule has 0 aliphatic carbocycles. The molecule has 0 radical (unpaired) electrons. The van der Waals surface area contributed by atoms with Crippen molar-refractivity contribution in [1.82, 2.24) is 0 Å². The molecule has 0 amide bonds. The molecule has 3 nitrogen and oxygen atoms in total. The topological polar surface area (TPSA) is 46.5 Å². The molecule has 0 heterocycles. The third kappa shape index (κ3) is 6.70. The lowest BCUT2D eigenvalue weighted by Gasteiger charge is -2.11. The van der Waals surface area contributed by atoms with Gasteiger partial charge < -0.3 is 9.84 Å². The van der Waals surface area contributed by atoms with E-state index < -0.39 is 5.97 Å². The highest BCUT2D eigenvalue weighted by molar-refractivity contribution is 7.98. The molecule has 0 fully saturated rings. The summed E-state index contributed by atoms with van der Waals surface area (Å²) in [6.45, 7) is -0.333. The van der Waals surface area contributed by atoms with E-state index in [4.69, 9.17) is 9.84 Å². The number of carbonyl (C=O) groups is 1. The van der Waals surface area contributed by atoms with Gasteiger partial charge in [0.1, 0.15) is 5.75 Å². The minimum atomic E-state index is -0.973. The Morgan fingerprint density at radius 1 is 0.778 bits per heavy atom. The lowest BCUT2D eigenvalue weighted by Crippen LogP contribution is -2.09. The maximum Gasteiger partial charge on any atom is 0.341 e. The number of carboxylic acid groups (broad SMARTS) is 1. The van der Waals surface area contributed by atoms with Crippen molar-refractivity contribution in [2.75, 3.05) is 6.61 Å². The van der Waals surface area contributed by atoms with Gasteiger partial charge in [-0.25, -0.2) is 4.79 Å². The number of aliphatic carboxylic acids is 1. The van der Waals surface area contributed by atoms with Gasteiger partial charge in [0, 0.05) is 21.3 Å². The monoisotopic (exact) mass is 396 g/mol. The Bertz CT molecular complexity index is 805. The van der Waals surface area contributed by atoms with Crippen molar-refractivity contribution in [2.24, 2.45) is 0 Å². The summed E-state index contributed by atoms with van der Waals surface area (Å²) >= 11 is 3.50. The molecule has 0 bridgehead atoms. The smallest absolute Gasteiger partial charge is 0.341 e. The van der Waals surface area contributed by atoms with Gasteiger partial charge in [-0.3, -0.25) is 0 Å². The van der Waals surface area contributed by atoms with Crippen LogP contribution in [-0.4, -0.2) is 17.7 Å². The fourth-order valence-corrected chi connectivity index (χ4v) is 4.19. The van der Waals surface area contributed by atoms with Crippen molar-refractivity contribution in [2.45, 2.75) is 21.3 Å². The number of hydrogen-bond donors (Lipinski definition) is 1. The molecule has 0 aliphatic heterocycles. The summed E-state index contributed by atoms with van der Waals surface area (Å²) in [6, 6.07) is 26.5. The zero-order valence-electron chi connectivity index (χ0n) is 14.7. The van der Waals surface area contributed by atoms with Crippen LogP contribution in [0.4, 0.5) is 0 Å². The molecular formula is C22H20O3S2. The minimum absolute atomic E-state index is 0.333. The van der Waals surface area contributed by atoms with Gasteiger partial charge in [-0.1, -0.05) is 42.5 Å². The van der Waals surface area contributed by atoms with Crippen LogP contribution in [0.1, 0.15) is 11.1 Å². The van der Waals surface area contributed by atoms with Crippen molar-refractivity contribution in [3.8, 4) is 5.75 Å². The molecule has 0 saturated heterocycles. The Hall–Kier alpha value is -2.37. The third-order valence-electron chi connectivity index (χ3n) is 3.69.